The molecule has 0 fully saturated rings. The molecule has 0 spiro atoms. The van der Waals surface area contributed by atoms with Crippen molar-refractivity contribution in [1.82, 2.24) is 9.97 Å². The molecule has 0 saturated carbocycles. The molecule has 5 nitrogen and oxygen atoms in total. The zero-order valence-electron chi connectivity index (χ0n) is 15.3. The van der Waals surface area contributed by atoms with Gasteiger partial charge in [-0.1, -0.05) is 20.8 Å². The van der Waals surface area contributed by atoms with Crippen LogP contribution in [0.2, 0.25) is 0 Å². The number of esters is 1. The first-order valence-electron chi connectivity index (χ1n) is 9.09. The van der Waals surface area contributed by atoms with E-state index in [9.17, 15) is 9.59 Å². The fourth-order valence-electron chi connectivity index (χ4n) is 3.28. The van der Waals surface area contributed by atoms with Crippen LogP contribution in [0.15, 0.2) is 4.79 Å². The van der Waals surface area contributed by atoms with Crippen molar-refractivity contribution < 1.29 is 9.53 Å². The number of carbonyl (C=O) groups is 1. The third-order valence-corrected chi connectivity index (χ3v) is 5.95. The number of nitrogens with one attached hydrogen (secondary N) is 1. The Morgan fingerprint density at radius 1 is 1.40 bits per heavy atom. The fourth-order valence-corrected chi connectivity index (χ4v) is 4.67. The number of thiophene rings is 1. The lowest BCUT2D eigenvalue weighted by Crippen LogP contribution is -2.18. The molecule has 0 saturated heterocycles. The second-order valence-corrected chi connectivity index (χ2v) is 8.63. The molecule has 136 valence electrons. The fraction of sp³-hybridized carbons (Fsp3) is 0.632. The largest absolute Gasteiger partial charge is 0.454 e. The van der Waals surface area contributed by atoms with Crippen LogP contribution in [0.1, 0.15) is 69.3 Å². The van der Waals surface area contributed by atoms with E-state index < -0.39 is 6.10 Å². The highest BCUT2D eigenvalue weighted by Crippen LogP contribution is 2.35. The number of fused-ring (bicyclic) bond motifs is 3. The topological polar surface area (TPSA) is 72.0 Å². The summed E-state index contributed by atoms with van der Waals surface area (Å²) in [5.74, 6) is 1.29. The van der Waals surface area contributed by atoms with E-state index in [4.69, 9.17) is 4.74 Å². The number of aromatic nitrogens is 2. The molecule has 0 aliphatic heterocycles. The molecule has 0 amide bonds. The van der Waals surface area contributed by atoms with E-state index in [0.717, 1.165) is 35.9 Å². The van der Waals surface area contributed by atoms with E-state index in [0.29, 0.717) is 24.1 Å². The van der Waals surface area contributed by atoms with E-state index >= 15 is 0 Å². The molecule has 2 atom stereocenters. The predicted octanol–water partition coefficient (Wildman–Crippen LogP) is 4.15. The third kappa shape index (κ3) is 3.94. The van der Waals surface area contributed by atoms with Gasteiger partial charge in [0.1, 0.15) is 4.83 Å². The van der Waals surface area contributed by atoms with Gasteiger partial charge in [0.2, 0.25) is 0 Å². The predicted molar refractivity (Wildman–Crippen MR) is 100 cm³/mol. The molecule has 0 aromatic carbocycles. The second kappa shape index (κ2) is 7.28. The monoisotopic (exact) mass is 362 g/mol. The van der Waals surface area contributed by atoms with Crippen LogP contribution >= 0.6 is 11.3 Å². The molecule has 3 rings (SSSR count). The Hall–Kier alpha value is -1.69. The lowest BCUT2D eigenvalue weighted by molar-refractivity contribution is -0.149. The summed E-state index contributed by atoms with van der Waals surface area (Å²) in [6.07, 6.45) is 3.72. The van der Waals surface area contributed by atoms with E-state index in [1.54, 1.807) is 18.3 Å². The number of nitrogens with zero attached hydrogens (tertiary/aromatic N) is 1. The van der Waals surface area contributed by atoms with Gasteiger partial charge in [-0.15, -0.1) is 11.3 Å². The van der Waals surface area contributed by atoms with Crippen molar-refractivity contribution in [3.05, 3.63) is 26.6 Å². The van der Waals surface area contributed by atoms with Crippen molar-refractivity contribution in [2.75, 3.05) is 0 Å². The van der Waals surface area contributed by atoms with Gasteiger partial charge < -0.3 is 9.72 Å². The molecule has 25 heavy (non-hydrogen) atoms. The Kier molecular flexibility index (Phi) is 5.27. The molecule has 2 aromatic rings. The molecule has 0 radical (unpaired) electrons. The van der Waals surface area contributed by atoms with Gasteiger partial charge in [-0.2, -0.15) is 0 Å². The Balaban J connectivity index is 1.83. The Morgan fingerprint density at radius 2 is 2.16 bits per heavy atom. The van der Waals surface area contributed by atoms with E-state index in [1.807, 2.05) is 0 Å². The molecule has 6 heteroatoms. The first-order chi connectivity index (χ1) is 11.8. The van der Waals surface area contributed by atoms with E-state index in [-0.39, 0.29) is 11.5 Å². The van der Waals surface area contributed by atoms with Crippen molar-refractivity contribution in [1.29, 1.82) is 0 Å². The summed E-state index contributed by atoms with van der Waals surface area (Å²) in [6, 6.07) is 0. The number of ether oxygens (including phenoxy) is 1. The summed E-state index contributed by atoms with van der Waals surface area (Å²) in [4.78, 5) is 34.0. The number of H-pyrrole nitrogens is 1. The number of aryl methyl sites for hydroxylation is 1. The van der Waals surface area contributed by atoms with Crippen LogP contribution in [0.3, 0.4) is 0 Å². The molecular formula is C19H26N2O3S. The molecule has 2 heterocycles. The van der Waals surface area contributed by atoms with Gasteiger partial charge in [-0.3, -0.25) is 9.59 Å². The van der Waals surface area contributed by atoms with Crippen molar-refractivity contribution in [2.24, 2.45) is 11.8 Å². The van der Waals surface area contributed by atoms with Crippen LogP contribution in [0.5, 0.6) is 0 Å². The van der Waals surface area contributed by atoms with Gasteiger partial charge in [-0.25, -0.2) is 4.98 Å². The van der Waals surface area contributed by atoms with Gasteiger partial charge in [0.15, 0.2) is 11.9 Å². The summed E-state index contributed by atoms with van der Waals surface area (Å²) >= 11 is 1.61. The van der Waals surface area contributed by atoms with Crippen molar-refractivity contribution in [3.8, 4) is 0 Å². The second-order valence-electron chi connectivity index (χ2n) is 7.55. The van der Waals surface area contributed by atoms with Gasteiger partial charge in [0, 0.05) is 11.3 Å². The number of hydrogen-bond donors (Lipinski definition) is 1. The maximum absolute atomic E-state index is 12.6. The Morgan fingerprint density at radius 3 is 2.88 bits per heavy atom. The van der Waals surface area contributed by atoms with Crippen molar-refractivity contribution in [2.45, 2.75) is 65.9 Å². The Bertz CT molecular complexity index is 837. The smallest absolute Gasteiger partial charge is 0.306 e. The van der Waals surface area contributed by atoms with Crippen LogP contribution in [0, 0.1) is 11.8 Å². The minimum absolute atomic E-state index is 0.114. The SMILES string of the molecule is CC(C)CCC(=O)O[C@H](C)c1nc2sc3c(c2c(=O)[nH]1)CC[C@H](C)C3. The number of aromatic amines is 1. The molecule has 0 bridgehead atoms. The standard InChI is InChI=1S/C19H26N2O3S/c1-10(2)5-8-15(22)24-12(4)17-20-18(23)16-13-7-6-11(3)9-14(13)25-19(16)21-17/h10-12H,5-9H2,1-4H3,(H,20,21,23)/t11-,12+/m0/s1. The lowest BCUT2D eigenvalue weighted by Gasteiger charge is -2.17. The van der Waals surface area contributed by atoms with Gasteiger partial charge in [0.05, 0.1) is 5.39 Å². The zero-order chi connectivity index (χ0) is 18.1. The highest BCUT2D eigenvalue weighted by molar-refractivity contribution is 7.18. The number of carbonyl (C=O) groups excluding carboxylic acids is 1. The molecule has 2 aromatic heterocycles. The van der Waals surface area contributed by atoms with E-state index in [1.165, 1.54) is 10.4 Å². The van der Waals surface area contributed by atoms with Crippen LogP contribution < -0.4 is 5.56 Å². The van der Waals surface area contributed by atoms with Crippen LogP contribution in [0.25, 0.3) is 10.2 Å². The summed E-state index contributed by atoms with van der Waals surface area (Å²) in [7, 11) is 0. The first kappa shape index (κ1) is 18.1. The zero-order valence-corrected chi connectivity index (χ0v) is 16.2. The number of hydrogen-bond acceptors (Lipinski definition) is 5. The van der Waals surface area contributed by atoms with Crippen LogP contribution in [0.4, 0.5) is 0 Å². The quantitative estimate of drug-likeness (QED) is 0.811. The average Bonchev–Trinajstić information content (AvgIpc) is 2.90. The summed E-state index contributed by atoms with van der Waals surface area (Å²) in [5, 5.41) is 0.731. The highest BCUT2D eigenvalue weighted by Gasteiger charge is 2.24. The lowest BCUT2D eigenvalue weighted by atomic mass is 9.89. The molecule has 1 N–H and O–H groups in total. The van der Waals surface area contributed by atoms with Crippen molar-refractivity contribution >= 4 is 27.5 Å². The molecular weight excluding hydrogens is 336 g/mol. The normalized spacial score (nSPS) is 18.4. The number of rotatable bonds is 5. The first-order valence-corrected chi connectivity index (χ1v) is 9.90. The summed E-state index contributed by atoms with van der Waals surface area (Å²) in [6.45, 7) is 8.15. The molecule has 1 aliphatic carbocycles. The highest BCUT2D eigenvalue weighted by atomic mass is 32.1. The third-order valence-electron chi connectivity index (χ3n) is 4.80. The molecule has 1 aliphatic rings. The maximum atomic E-state index is 12.6. The van der Waals surface area contributed by atoms with Crippen LogP contribution in [-0.2, 0) is 22.4 Å². The minimum Gasteiger partial charge on any atom is -0.454 e. The summed E-state index contributed by atoms with van der Waals surface area (Å²) in [5.41, 5.74) is 1.05. The summed E-state index contributed by atoms with van der Waals surface area (Å²) < 4.78 is 5.44. The van der Waals surface area contributed by atoms with Crippen LogP contribution in [-0.4, -0.2) is 15.9 Å². The van der Waals surface area contributed by atoms with Gasteiger partial charge in [-0.05, 0) is 50.0 Å². The van der Waals surface area contributed by atoms with Gasteiger partial charge in [0.25, 0.3) is 5.56 Å². The molecule has 0 unspecified atom stereocenters. The van der Waals surface area contributed by atoms with Gasteiger partial charge >= 0.3 is 5.97 Å². The average molecular weight is 362 g/mol. The maximum Gasteiger partial charge on any atom is 0.306 e. The minimum atomic E-state index is -0.546. The van der Waals surface area contributed by atoms with E-state index in [2.05, 4.69) is 30.7 Å². The van der Waals surface area contributed by atoms with Crippen molar-refractivity contribution in [3.63, 3.8) is 0 Å². The Labute approximate surface area is 151 Å².